The standard InChI is InChI=1S/C26H35N3O5/c1-18(2)22-15-23(25(31)16-24(22)30)19(3)29(26(27)17-32-4)20-5-7-21(8-6-20)34-14-11-28-9-12-33-13-10-28/h5-8,15-16,18,27,30-31H,3,9-14,17H2,1-2,4H3. The summed E-state index contributed by atoms with van der Waals surface area (Å²) in [4.78, 5) is 3.93. The van der Waals surface area contributed by atoms with Crippen LogP contribution in [0.25, 0.3) is 5.70 Å². The minimum Gasteiger partial charge on any atom is -0.508 e. The number of benzene rings is 2. The highest BCUT2D eigenvalue weighted by atomic mass is 16.5. The number of methoxy groups -OCH3 is 1. The van der Waals surface area contributed by atoms with Gasteiger partial charge in [-0.2, -0.15) is 0 Å². The second kappa shape index (κ2) is 11.9. The molecule has 3 N–H and O–H groups in total. The van der Waals surface area contributed by atoms with Gasteiger partial charge >= 0.3 is 0 Å². The van der Waals surface area contributed by atoms with E-state index in [0.717, 1.165) is 38.6 Å². The molecule has 0 atom stereocenters. The number of anilines is 1. The van der Waals surface area contributed by atoms with E-state index in [-0.39, 0.29) is 29.9 Å². The van der Waals surface area contributed by atoms with Gasteiger partial charge in [-0.15, -0.1) is 0 Å². The van der Waals surface area contributed by atoms with E-state index < -0.39 is 0 Å². The van der Waals surface area contributed by atoms with Gasteiger partial charge in [0.1, 0.15) is 36.3 Å². The molecule has 184 valence electrons. The summed E-state index contributed by atoms with van der Waals surface area (Å²) in [6.07, 6.45) is 0. The summed E-state index contributed by atoms with van der Waals surface area (Å²) in [6, 6.07) is 10.4. The van der Waals surface area contributed by atoms with Crippen molar-refractivity contribution in [3.8, 4) is 17.2 Å². The first-order valence-corrected chi connectivity index (χ1v) is 11.5. The number of nitrogens with zero attached hydrogens (tertiary/aromatic N) is 2. The van der Waals surface area contributed by atoms with Gasteiger partial charge in [-0.1, -0.05) is 20.4 Å². The molecule has 0 bridgehead atoms. The van der Waals surface area contributed by atoms with Crippen LogP contribution in [0, 0.1) is 5.41 Å². The zero-order valence-corrected chi connectivity index (χ0v) is 20.2. The third-order valence-corrected chi connectivity index (χ3v) is 5.77. The van der Waals surface area contributed by atoms with Crippen molar-refractivity contribution >= 4 is 17.2 Å². The van der Waals surface area contributed by atoms with E-state index in [4.69, 9.17) is 19.6 Å². The molecule has 0 unspecified atom stereocenters. The van der Waals surface area contributed by atoms with Gasteiger partial charge in [0.25, 0.3) is 0 Å². The van der Waals surface area contributed by atoms with Crippen LogP contribution in [-0.2, 0) is 9.47 Å². The van der Waals surface area contributed by atoms with Crippen molar-refractivity contribution < 1.29 is 24.4 Å². The summed E-state index contributed by atoms with van der Waals surface area (Å²) in [6.45, 7) is 12.9. The van der Waals surface area contributed by atoms with Crippen LogP contribution in [0.4, 0.5) is 5.69 Å². The van der Waals surface area contributed by atoms with Crippen molar-refractivity contribution in [3.63, 3.8) is 0 Å². The van der Waals surface area contributed by atoms with Crippen molar-refractivity contribution in [2.75, 3.05) is 58.1 Å². The Kier molecular flexibility index (Phi) is 8.92. The number of rotatable bonds is 10. The molecule has 2 aromatic carbocycles. The number of morpholine rings is 1. The quantitative estimate of drug-likeness (QED) is 0.357. The van der Waals surface area contributed by atoms with Gasteiger partial charge in [0.05, 0.1) is 18.9 Å². The van der Waals surface area contributed by atoms with Gasteiger partial charge in [-0.25, -0.2) is 0 Å². The van der Waals surface area contributed by atoms with E-state index in [9.17, 15) is 10.2 Å². The van der Waals surface area contributed by atoms with E-state index in [1.165, 1.54) is 13.2 Å². The summed E-state index contributed by atoms with van der Waals surface area (Å²) >= 11 is 0. The molecule has 0 radical (unpaired) electrons. The molecule has 1 aliphatic rings. The van der Waals surface area contributed by atoms with Crippen LogP contribution >= 0.6 is 0 Å². The Bertz CT molecular complexity index is 985. The molecule has 3 rings (SSSR count). The molecule has 0 aromatic heterocycles. The molecule has 0 spiro atoms. The van der Waals surface area contributed by atoms with Crippen molar-refractivity contribution in [3.05, 3.63) is 54.1 Å². The maximum absolute atomic E-state index is 10.5. The third-order valence-electron chi connectivity index (χ3n) is 5.77. The van der Waals surface area contributed by atoms with Crippen molar-refractivity contribution in [1.29, 1.82) is 5.41 Å². The number of hydrogen-bond donors (Lipinski definition) is 3. The Morgan fingerprint density at radius 3 is 2.44 bits per heavy atom. The highest BCUT2D eigenvalue weighted by Gasteiger charge is 2.22. The fraction of sp³-hybridized carbons (Fsp3) is 0.423. The van der Waals surface area contributed by atoms with Crippen LogP contribution in [0.5, 0.6) is 17.2 Å². The Morgan fingerprint density at radius 2 is 1.82 bits per heavy atom. The Morgan fingerprint density at radius 1 is 1.15 bits per heavy atom. The monoisotopic (exact) mass is 469 g/mol. The first-order chi connectivity index (χ1) is 16.3. The summed E-state index contributed by atoms with van der Waals surface area (Å²) in [7, 11) is 1.52. The maximum atomic E-state index is 10.5. The predicted octanol–water partition coefficient (Wildman–Crippen LogP) is 4.03. The van der Waals surface area contributed by atoms with Gasteiger partial charge in [-0.05, 0) is 41.8 Å². The predicted molar refractivity (Wildman–Crippen MR) is 134 cm³/mol. The number of amidine groups is 1. The van der Waals surface area contributed by atoms with Crippen LogP contribution < -0.4 is 9.64 Å². The van der Waals surface area contributed by atoms with Crippen molar-refractivity contribution in [1.82, 2.24) is 4.90 Å². The van der Waals surface area contributed by atoms with E-state index in [2.05, 4.69) is 11.5 Å². The molecule has 0 saturated carbocycles. The zero-order chi connectivity index (χ0) is 24.7. The Balaban J connectivity index is 1.79. The highest BCUT2D eigenvalue weighted by molar-refractivity contribution is 6.08. The molecular weight excluding hydrogens is 434 g/mol. The van der Waals surface area contributed by atoms with Gasteiger partial charge in [0, 0.05) is 44.1 Å². The molecule has 1 fully saturated rings. The van der Waals surface area contributed by atoms with E-state index in [1.807, 2.05) is 38.1 Å². The number of phenolic OH excluding ortho intramolecular Hbond substituents is 2. The Labute approximate surface area is 201 Å². The molecule has 1 aliphatic heterocycles. The lowest BCUT2D eigenvalue weighted by molar-refractivity contribution is 0.0322. The minimum atomic E-state index is -0.106. The van der Waals surface area contributed by atoms with Crippen LogP contribution in [0.2, 0.25) is 0 Å². The largest absolute Gasteiger partial charge is 0.508 e. The van der Waals surface area contributed by atoms with Crippen molar-refractivity contribution in [2.45, 2.75) is 19.8 Å². The Hall–Kier alpha value is -3.07. The zero-order valence-electron chi connectivity index (χ0n) is 20.2. The van der Waals surface area contributed by atoms with E-state index >= 15 is 0 Å². The summed E-state index contributed by atoms with van der Waals surface area (Å²) in [5.74, 6) is 0.863. The fourth-order valence-electron chi connectivity index (χ4n) is 3.89. The normalized spacial score (nSPS) is 14.2. The lowest BCUT2D eigenvalue weighted by Crippen LogP contribution is -2.38. The van der Waals surface area contributed by atoms with Crippen LogP contribution in [-0.4, -0.2) is 74.1 Å². The maximum Gasteiger partial charge on any atom is 0.131 e. The van der Waals surface area contributed by atoms with Crippen molar-refractivity contribution in [2.24, 2.45) is 0 Å². The molecule has 1 heterocycles. The number of nitrogens with one attached hydrogen (secondary N) is 1. The van der Waals surface area contributed by atoms with Crippen LogP contribution in [0.1, 0.15) is 30.9 Å². The SMILES string of the molecule is C=C(c1cc(C(C)C)c(O)cc1O)N(C(=N)COC)c1ccc(OCCN2CCOCC2)cc1. The van der Waals surface area contributed by atoms with Gasteiger partial charge in [0.15, 0.2) is 0 Å². The van der Waals surface area contributed by atoms with Gasteiger partial charge < -0.3 is 24.4 Å². The van der Waals surface area contributed by atoms with Gasteiger partial charge in [0.2, 0.25) is 0 Å². The third kappa shape index (κ3) is 6.28. The molecule has 8 heteroatoms. The average molecular weight is 470 g/mol. The lowest BCUT2D eigenvalue weighted by Gasteiger charge is -2.28. The molecule has 0 amide bonds. The van der Waals surface area contributed by atoms with Crippen LogP contribution in [0.3, 0.4) is 0 Å². The number of hydrogen-bond acceptors (Lipinski definition) is 7. The first kappa shape index (κ1) is 25.6. The topological polar surface area (TPSA) is 98.5 Å². The summed E-state index contributed by atoms with van der Waals surface area (Å²) < 4.78 is 16.5. The fourth-order valence-corrected chi connectivity index (χ4v) is 3.89. The van der Waals surface area contributed by atoms with Gasteiger partial charge in [-0.3, -0.25) is 15.2 Å². The second-order valence-electron chi connectivity index (χ2n) is 8.54. The molecule has 34 heavy (non-hydrogen) atoms. The molecule has 0 aliphatic carbocycles. The van der Waals surface area contributed by atoms with E-state index in [0.29, 0.717) is 29.1 Å². The molecular formula is C26H35N3O5. The second-order valence-corrected chi connectivity index (χ2v) is 8.54. The molecule has 2 aromatic rings. The lowest BCUT2D eigenvalue weighted by atomic mass is 9.97. The number of ether oxygens (including phenoxy) is 3. The molecule has 8 nitrogen and oxygen atoms in total. The minimum absolute atomic E-state index is 0.0288. The van der Waals surface area contributed by atoms with E-state index in [1.54, 1.807) is 11.0 Å². The molecule has 1 saturated heterocycles. The summed E-state index contributed by atoms with van der Waals surface area (Å²) in [5.41, 5.74) is 2.22. The first-order valence-electron chi connectivity index (χ1n) is 11.5. The average Bonchev–Trinajstić information content (AvgIpc) is 2.81. The number of aromatic hydroxyl groups is 2. The highest BCUT2D eigenvalue weighted by Crippen LogP contribution is 2.37. The number of phenols is 2. The smallest absolute Gasteiger partial charge is 0.131 e. The van der Waals surface area contributed by atoms with Crippen LogP contribution in [0.15, 0.2) is 43.0 Å². The summed E-state index contributed by atoms with van der Waals surface area (Å²) in [5, 5.41) is 29.3.